The molecule has 1 atom stereocenters. The number of hydrogen-bond donors (Lipinski definition) is 0. The lowest BCUT2D eigenvalue weighted by Crippen LogP contribution is -2.22. The number of nitrogens with zero attached hydrogens (tertiary/aromatic N) is 4. The van der Waals surface area contributed by atoms with Gasteiger partial charge in [0.15, 0.2) is 0 Å². The summed E-state index contributed by atoms with van der Waals surface area (Å²) in [4.78, 5) is 7.34. The lowest BCUT2D eigenvalue weighted by atomic mass is 10.0. The molecular weight excluding hydrogens is 504 g/mol. The topological polar surface area (TPSA) is 41.0 Å². The Morgan fingerprint density at radius 2 is 1.46 bits per heavy atom. The Morgan fingerprint density at radius 1 is 0.756 bits per heavy atom. The Bertz CT molecular complexity index is 1660. The summed E-state index contributed by atoms with van der Waals surface area (Å²) < 4.78 is 5.94. The monoisotopic (exact) mass is 538 g/mol. The quantitative estimate of drug-likeness (QED) is 0.188. The minimum Gasteiger partial charge on any atom is -0.457 e. The number of fused-ring (bicyclic) bond motifs is 1. The second-order valence-electron chi connectivity index (χ2n) is 10.1. The van der Waals surface area contributed by atoms with Gasteiger partial charge in [-0.25, -0.2) is 9.99 Å². The molecule has 2 heterocycles. The van der Waals surface area contributed by atoms with Crippen LogP contribution in [0.15, 0.2) is 126 Å². The lowest BCUT2D eigenvalue weighted by molar-refractivity contribution is 0.482. The summed E-state index contributed by atoms with van der Waals surface area (Å²) in [7, 11) is 0. The number of rotatable bonds is 9. The fraction of sp³-hybridized carbons (Fsp3) is 0.167. The summed E-state index contributed by atoms with van der Waals surface area (Å²) in [6, 6.07) is 39.3. The maximum Gasteiger partial charge on any atom is 0.150 e. The SMILES string of the molecule is CCN(CC)c1ccc(C2CC(C=Cc3ccc(Oc4ccccc4)cc3)=NN2c2ccc3ccccc3n2)cc1. The number of benzene rings is 4. The number of hydrazone groups is 1. The minimum absolute atomic E-state index is 0.0655. The minimum atomic E-state index is 0.0655. The van der Waals surface area contributed by atoms with Gasteiger partial charge in [-0.05, 0) is 85.6 Å². The van der Waals surface area contributed by atoms with Gasteiger partial charge in [-0.1, -0.05) is 66.7 Å². The Kier molecular flexibility index (Phi) is 7.76. The molecule has 1 unspecified atom stereocenters. The number of para-hydroxylation sites is 2. The Balaban J connectivity index is 1.25. The Hall–Kier alpha value is -4.90. The van der Waals surface area contributed by atoms with Crippen LogP contribution in [-0.2, 0) is 0 Å². The molecular formula is C36H34N4O. The van der Waals surface area contributed by atoms with Crippen molar-refractivity contribution >= 4 is 34.2 Å². The largest absolute Gasteiger partial charge is 0.457 e. The zero-order valence-corrected chi connectivity index (χ0v) is 23.5. The highest BCUT2D eigenvalue weighted by Gasteiger charge is 2.29. The van der Waals surface area contributed by atoms with E-state index in [0.29, 0.717) is 0 Å². The lowest BCUT2D eigenvalue weighted by Gasteiger charge is -2.25. The van der Waals surface area contributed by atoms with Crippen molar-refractivity contribution in [3.05, 3.63) is 132 Å². The van der Waals surface area contributed by atoms with E-state index in [4.69, 9.17) is 14.8 Å². The van der Waals surface area contributed by atoms with Gasteiger partial charge in [-0.3, -0.25) is 0 Å². The van der Waals surface area contributed by atoms with Gasteiger partial charge in [0.1, 0.15) is 17.3 Å². The maximum atomic E-state index is 5.94. The van der Waals surface area contributed by atoms with E-state index >= 15 is 0 Å². The van der Waals surface area contributed by atoms with E-state index in [1.807, 2.05) is 54.6 Å². The fourth-order valence-electron chi connectivity index (χ4n) is 5.25. The van der Waals surface area contributed by atoms with E-state index in [0.717, 1.165) is 59.0 Å². The van der Waals surface area contributed by atoms with Gasteiger partial charge >= 0.3 is 0 Å². The highest BCUT2D eigenvalue weighted by molar-refractivity contribution is 6.01. The summed E-state index contributed by atoms with van der Waals surface area (Å²) >= 11 is 0. The molecule has 1 aliphatic heterocycles. The molecule has 1 aromatic heterocycles. The smallest absolute Gasteiger partial charge is 0.150 e. The highest BCUT2D eigenvalue weighted by Crippen LogP contribution is 2.36. The fourth-order valence-corrected chi connectivity index (χ4v) is 5.25. The average Bonchev–Trinajstić information content (AvgIpc) is 3.46. The zero-order chi connectivity index (χ0) is 28.0. The number of ether oxygens (including phenoxy) is 1. The number of allylic oxidation sites excluding steroid dienone is 1. The molecule has 0 saturated carbocycles. The summed E-state index contributed by atoms with van der Waals surface area (Å²) in [6.45, 7) is 6.36. The van der Waals surface area contributed by atoms with Crippen molar-refractivity contribution in [1.82, 2.24) is 4.98 Å². The third kappa shape index (κ3) is 5.99. The van der Waals surface area contributed by atoms with Gasteiger partial charge in [-0.2, -0.15) is 5.10 Å². The van der Waals surface area contributed by atoms with Crippen molar-refractivity contribution in [2.75, 3.05) is 23.0 Å². The molecule has 0 saturated heterocycles. The summed E-state index contributed by atoms with van der Waals surface area (Å²) in [6.07, 6.45) is 5.03. The maximum absolute atomic E-state index is 5.94. The van der Waals surface area contributed by atoms with Crippen LogP contribution in [0.4, 0.5) is 11.5 Å². The third-order valence-electron chi connectivity index (χ3n) is 7.49. The predicted octanol–water partition coefficient (Wildman–Crippen LogP) is 8.89. The number of anilines is 2. The standard InChI is InChI=1S/C36H34N4O/c1-3-39(4-2)31-21-17-29(18-22-31)35-26-30(38-40(35)36-25-19-28-10-8-9-13-34(28)37-36)20-14-27-15-23-33(24-16-27)41-32-11-6-5-7-12-32/h5-25,35H,3-4,26H2,1-2H3. The van der Waals surface area contributed by atoms with Crippen LogP contribution in [0.25, 0.3) is 17.0 Å². The van der Waals surface area contributed by atoms with Crippen LogP contribution in [0.2, 0.25) is 0 Å². The predicted molar refractivity (Wildman–Crippen MR) is 171 cm³/mol. The molecule has 204 valence electrons. The van der Waals surface area contributed by atoms with E-state index < -0.39 is 0 Å². The van der Waals surface area contributed by atoms with Crippen LogP contribution in [-0.4, -0.2) is 23.8 Å². The van der Waals surface area contributed by atoms with Crippen molar-refractivity contribution in [3.63, 3.8) is 0 Å². The van der Waals surface area contributed by atoms with Crippen LogP contribution in [0.1, 0.15) is 37.4 Å². The van der Waals surface area contributed by atoms with Gasteiger partial charge in [0.25, 0.3) is 0 Å². The molecule has 5 heteroatoms. The molecule has 5 nitrogen and oxygen atoms in total. The van der Waals surface area contributed by atoms with E-state index in [9.17, 15) is 0 Å². The molecule has 0 N–H and O–H groups in total. The van der Waals surface area contributed by atoms with Crippen LogP contribution in [0, 0.1) is 0 Å². The molecule has 0 amide bonds. The molecule has 4 aromatic carbocycles. The normalized spacial score (nSPS) is 14.9. The van der Waals surface area contributed by atoms with Crippen LogP contribution in [0.5, 0.6) is 11.5 Å². The van der Waals surface area contributed by atoms with Gasteiger partial charge in [0, 0.05) is 30.6 Å². The zero-order valence-electron chi connectivity index (χ0n) is 23.5. The van der Waals surface area contributed by atoms with Crippen molar-refractivity contribution in [2.45, 2.75) is 26.3 Å². The molecule has 5 aromatic rings. The summed E-state index contributed by atoms with van der Waals surface area (Å²) in [5.74, 6) is 2.50. The number of aromatic nitrogens is 1. The van der Waals surface area contributed by atoms with Crippen molar-refractivity contribution in [3.8, 4) is 11.5 Å². The molecule has 0 aliphatic carbocycles. The third-order valence-corrected chi connectivity index (χ3v) is 7.49. The van der Waals surface area contributed by atoms with Crippen molar-refractivity contribution < 1.29 is 4.74 Å². The average molecular weight is 539 g/mol. The molecule has 0 spiro atoms. The molecule has 0 radical (unpaired) electrons. The number of hydrogen-bond acceptors (Lipinski definition) is 5. The second-order valence-corrected chi connectivity index (χ2v) is 10.1. The molecule has 6 rings (SSSR count). The van der Waals surface area contributed by atoms with Crippen LogP contribution >= 0.6 is 0 Å². The Morgan fingerprint density at radius 3 is 2.22 bits per heavy atom. The first-order valence-electron chi connectivity index (χ1n) is 14.3. The first-order valence-corrected chi connectivity index (χ1v) is 14.3. The van der Waals surface area contributed by atoms with Crippen LogP contribution < -0.4 is 14.6 Å². The first-order chi connectivity index (χ1) is 20.2. The Labute approximate surface area is 242 Å². The van der Waals surface area contributed by atoms with Gasteiger partial charge < -0.3 is 9.64 Å². The number of pyridine rings is 1. The van der Waals surface area contributed by atoms with E-state index in [-0.39, 0.29) is 6.04 Å². The van der Waals surface area contributed by atoms with Gasteiger partial charge in [-0.15, -0.1) is 0 Å². The highest BCUT2D eigenvalue weighted by atomic mass is 16.5. The van der Waals surface area contributed by atoms with E-state index in [1.165, 1.54) is 11.3 Å². The van der Waals surface area contributed by atoms with Crippen molar-refractivity contribution in [1.29, 1.82) is 0 Å². The van der Waals surface area contributed by atoms with Crippen LogP contribution in [0.3, 0.4) is 0 Å². The van der Waals surface area contributed by atoms with E-state index in [1.54, 1.807) is 0 Å². The van der Waals surface area contributed by atoms with E-state index in [2.05, 4.69) is 96.6 Å². The van der Waals surface area contributed by atoms with Gasteiger partial charge in [0.2, 0.25) is 0 Å². The second kappa shape index (κ2) is 12.1. The molecule has 0 fully saturated rings. The summed E-state index contributed by atoms with van der Waals surface area (Å²) in [5.41, 5.74) is 5.55. The first kappa shape index (κ1) is 26.3. The molecule has 41 heavy (non-hydrogen) atoms. The summed E-state index contributed by atoms with van der Waals surface area (Å²) in [5, 5.41) is 8.27. The van der Waals surface area contributed by atoms with Crippen molar-refractivity contribution in [2.24, 2.45) is 5.10 Å². The van der Waals surface area contributed by atoms with Gasteiger partial charge in [0.05, 0.1) is 17.3 Å². The molecule has 0 bridgehead atoms. The molecule has 1 aliphatic rings.